The van der Waals surface area contributed by atoms with Crippen molar-refractivity contribution in [2.75, 3.05) is 0 Å². The molecule has 1 aliphatic rings. The first kappa shape index (κ1) is 12.2. The molecule has 2 aromatic rings. The number of hydrogen-bond donors (Lipinski definition) is 0. The summed E-state index contributed by atoms with van der Waals surface area (Å²) < 4.78 is 0. The zero-order valence-electron chi connectivity index (χ0n) is 10.8. The van der Waals surface area contributed by atoms with Crippen LogP contribution in [0.3, 0.4) is 0 Å². The van der Waals surface area contributed by atoms with Gasteiger partial charge in [-0.2, -0.15) is 0 Å². The molecule has 2 unspecified atom stereocenters. The van der Waals surface area contributed by atoms with Gasteiger partial charge in [-0.3, -0.25) is 0 Å². The van der Waals surface area contributed by atoms with E-state index in [0.29, 0.717) is 5.92 Å². The first-order valence-electron chi connectivity index (χ1n) is 6.68. The summed E-state index contributed by atoms with van der Waals surface area (Å²) in [4.78, 5) is 11.1. The Morgan fingerprint density at radius 3 is 1.89 bits per heavy atom. The first-order valence-corrected chi connectivity index (χ1v) is 6.68. The molecule has 1 saturated carbocycles. The van der Waals surface area contributed by atoms with E-state index in [4.69, 9.17) is 0 Å². The van der Waals surface area contributed by atoms with Crippen LogP contribution in [0.5, 0.6) is 0 Å². The third-order valence-corrected chi connectivity index (χ3v) is 4.28. The van der Waals surface area contributed by atoms with Crippen LogP contribution in [-0.4, -0.2) is 6.29 Å². The molecular formula is C18H17O. The Morgan fingerprint density at radius 1 is 1.00 bits per heavy atom. The van der Waals surface area contributed by atoms with Crippen LogP contribution in [-0.2, 0) is 10.2 Å². The van der Waals surface area contributed by atoms with E-state index < -0.39 is 0 Å². The first-order chi connectivity index (χ1) is 9.29. The molecule has 1 nitrogen and oxygen atoms in total. The number of hydrogen-bond acceptors (Lipinski definition) is 1. The van der Waals surface area contributed by atoms with Gasteiger partial charge in [0.1, 0.15) is 6.29 Å². The second kappa shape index (κ2) is 4.65. The minimum Gasteiger partial charge on any atom is -0.303 e. The Morgan fingerprint density at radius 2 is 1.47 bits per heavy atom. The predicted octanol–water partition coefficient (Wildman–Crippen LogP) is 3.64. The van der Waals surface area contributed by atoms with E-state index in [1.54, 1.807) is 0 Å². The van der Waals surface area contributed by atoms with Gasteiger partial charge in [-0.15, -0.1) is 0 Å². The van der Waals surface area contributed by atoms with Crippen LogP contribution < -0.4 is 0 Å². The SMILES string of the molecule is [CH2]C(C=O)C1CC1(c1ccccc1)c1ccccc1. The summed E-state index contributed by atoms with van der Waals surface area (Å²) in [6.07, 6.45) is 1.99. The standard InChI is InChI=1S/C18H17O/c1-14(13-19)17-12-18(17,15-8-4-2-5-9-15)16-10-6-3-7-11-16/h2-11,13-14,17H,1,12H2. The molecule has 0 aromatic heterocycles. The monoisotopic (exact) mass is 249 g/mol. The molecule has 0 amide bonds. The lowest BCUT2D eigenvalue weighted by molar-refractivity contribution is -0.110. The van der Waals surface area contributed by atoms with Crippen LogP contribution >= 0.6 is 0 Å². The molecule has 2 aromatic carbocycles. The fourth-order valence-corrected chi connectivity index (χ4v) is 3.20. The van der Waals surface area contributed by atoms with Gasteiger partial charge in [-0.25, -0.2) is 0 Å². The average Bonchev–Trinajstić information content (AvgIpc) is 3.25. The van der Waals surface area contributed by atoms with Crippen LogP contribution in [0.25, 0.3) is 0 Å². The Hall–Kier alpha value is -1.89. The van der Waals surface area contributed by atoms with Gasteiger partial charge in [0.2, 0.25) is 0 Å². The number of aldehydes is 1. The van der Waals surface area contributed by atoms with Crippen molar-refractivity contribution < 1.29 is 4.79 Å². The fourth-order valence-electron chi connectivity index (χ4n) is 3.20. The maximum absolute atomic E-state index is 11.1. The van der Waals surface area contributed by atoms with E-state index in [9.17, 15) is 4.79 Å². The van der Waals surface area contributed by atoms with Crippen molar-refractivity contribution >= 4 is 6.29 Å². The molecule has 95 valence electrons. The molecule has 1 fully saturated rings. The van der Waals surface area contributed by atoms with Gasteiger partial charge < -0.3 is 4.79 Å². The van der Waals surface area contributed by atoms with Crippen molar-refractivity contribution in [1.29, 1.82) is 0 Å². The summed E-state index contributed by atoms with van der Waals surface area (Å²) in [5.41, 5.74) is 2.57. The lowest BCUT2D eigenvalue weighted by Gasteiger charge is -2.20. The molecule has 2 atom stereocenters. The molecular weight excluding hydrogens is 232 g/mol. The van der Waals surface area contributed by atoms with E-state index in [-0.39, 0.29) is 11.3 Å². The lowest BCUT2D eigenvalue weighted by Crippen LogP contribution is -2.16. The van der Waals surface area contributed by atoms with Crippen molar-refractivity contribution in [2.45, 2.75) is 11.8 Å². The third-order valence-electron chi connectivity index (χ3n) is 4.28. The van der Waals surface area contributed by atoms with Gasteiger partial charge in [-0.1, -0.05) is 60.7 Å². The molecule has 19 heavy (non-hydrogen) atoms. The van der Waals surface area contributed by atoms with Gasteiger partial charge >= 0.3 is 0 Å². The molecule has 0 bridgehead atoms. The Balaban J connectivity index is 2.07. The molecule has 3 rings (SSSR count). The van der Waals surface area contributed by atoms with Crippen molar-refractivity contribution in [1.82, 2.24) is 0 Å². The second-order valence-electron chi connectivity index (χ2n) is 5.31. The normalized spacial score (nSPS) is 21.6. The average molecular weight is 249 g/mol. The summed E-state index contributed by atoms with van der Waals surface area (Å²) in [5, 5.41) is 0. The number of rotatable bonds is 4. The van der Waals surface area contributed by atoms with Gasteiger partial charge in [0.25, 0.3) is 0 Å². The summed E-state index contributed by atoms with van der Waals surface area (Å²) in [6.45, 7) is 4.00. The maximum Gasteiger partial charge on any atom is 0.123 e. The summed E-state index contributed by atoms with van der Waals surface area (Å²) in [7, 11) is 0. The second-order valence-corrected chi connectivity index (χ2v) is 5.31. The topological polar surface area (TPSA) is 17.1 Å². The van der Waals surface area contributed by atoms with Crippen molar-refractivity contribution in [2.24, 2.45) is 11.8 Å². The van der Waals surface area contributed by atoms with Crippen LogP contribution in [0.2, 0.25) is 0 Å². The molecule has 0 saturated heterocycles. The zero-order chi connectivity index (χ0) is 13.3. The minimum atomic E-state index is -0.139. The van der Waals surface area contributed by atoms with Gasteiger partial charge in [0, 0.05) is 11.3 Å². The highest BCUT2D eigenvalue weighted by molar-refractivity contribution is 5.60. The summed E-state index contributed by atoms with van der Waals surface area (Å²) in [6, 6.07) is 20.9. The predicted molar refractivity (Wildman–Crippen MR) is 76.7 cm³/mol. The van der Waals surface area contributed by atoms with E-state index >= 15 is 0 Å². The molecule has 1 aliphatic carbocycles. The highest BCUT2D eigenvalue weighted by Gasteiger charge is 2.58. The zero-order valence-corrected chi connectivity index (χ0v) is 10.8. The smallest absolute Gasteiger partial charge is 0.123 e. The lowest BCUT2D eigenvalue weighted by atomic mass is 9.83. The minimum absolute atomic E-state index is 0.0180. The van der Waals surface area contributed by atoms with Crippen molar-refractivity contribution in [3.8, 4) is 0 Å². The maximum atomic E-state index is 11.1. The highest BCUT2D eigenvalue weighted by Crippen LogP contribution is 2.61. The molecule has 0 N–H and O–H groups in total. The number of carbonyl (C=O) groups excluding carboxylic acids is 1. The van der Waals surface area contributed by atoms with Crippen LogP contribution in [0.15, 0.2) is 60.7 Å². The van der Waals surface area contributed by atoms with Crippen molar-refractivity contribution in [3.63, 3.8) is 0 Å². The van der Waals surface area contributed by atoms with Crippen LogP contribution in [0.1, 0.15) is 17.5 Å². The van der Waals surface area contributed by atoms with E-state index in [0.717, 1.165) is 12.7 Å². The van der Waals surface area contributed by atoms with Crippen molar-refractivity contribution in [3.05, 3.63) is 78.7 Å². The Bertz CT molecular complexity index is 519. The Kier molecular flexibility index (Phi) is 2.98. The van der Waals surface area contributed by atoms with E-state index in [1.807, 2.05) is 12.1 Å². The van der Waals surface area contributed by atoms with Crippen LogP contribution in [0, 0.1) is 18.8 Å². The molecule has 0 heterocycles. The summed E-state index contributed by atoms with van der Waals surface area (Å²) >= 11 is 0. The number of carbonyl (C=O) groups is 1. The van der Waals surface area contributed by atoms with E-state index in [1.165, 1.54) is 11.1 Å². The van der Waals surface area contributed by atoms with E-state index in [2.05, 4.69) is 55.5 Å². The molecule has 0 spiro atoms. The van der Waals surface area contributed by atoms with Gasteiger partial charge in [-0.05, 0) is 30.4 Å². The van der Waals surface area contributed by atoms with Gasteiger partial charge in [0.05, 0.1) is 0 Å². The number of benzene rings is 2. The quantitative estimate of drug-likeness (QED) is 0.756. The highest BCUT2D eigenvalue weighted by atomic mass is 16.1. The largest absolute Gasteiger partial charge is 0.303 e. The molecule has 1 heteroatoms. The third kappa shape index (κ3) is 1.90. The Labute approximate surface area is 114 Å². The fraction of sp³-hybridized carbons (Fsp3) is 0.222. The molecule has 0 aliphatic heterocycles. The summed E-state index contributed by atoms with van der Waals surface area (Å²) in [5.74, 6) is 0.176. The molecule has 1 radical (unpaired) electrons. The van der Waals surface area contributed by atoms with Gasteiger partial charge in [0.15, 0.2) is 0 Å². The van der Waals surface area contributed by atoms with Crippen LogP contribution in [0.4, 0.5) is 0 Å².